The van der Waals surface area contributed by atoms with Crippen molar-refractivity contribution in [1.29, 1.82) is 0 Å². The highest BCUT2D eigenvalue weighted by Crippen LogP contribution is 2.33. The molecule has 0 aliphatic carbocycles. The van der Waals surface area contributed by atoms with Gasteiger partial charge in [0.2, 0.25) is 0 Å². The maximum Gasteiger partial charge on any atom is 0.317 e. The number of benzene rings is 2. The molecule has 1 aliphatic rings. The second-order valence-electron chi connectivity index (χ2n) is 6.17. The number of rotatable bonds is 4. The Morgan fingerprint density at radius 2 is 1.78 bits per heavy atom. The maximum atomic E-state index is 12.2. The predicted molar refractivity (Wildman–Crippen MR) is 93.5 cm³/mol. The van der Waals surface area contributed by atoms with Gasteiger partial charge in [-0.15, -0.1) is 0 Å². The minimum atomic E-state index is 0.0430. The van der Waals surface area contributed by atoms with Gasteiger partial charge in [0.1, 0.15) is 0 Å². The first-order valence-electron chi connectivity index (χ1n) is 8.37. The number of hydrogen-bond acceptors (Lipinski definition) is 1. The van der Waals surface area contributed by atoms with E-state index in [9.17, 15) is 4.79 Å². The molecule has 2 atom stereocenters. The smallest absolute Gasteiger partial charge is 0.317 e. The van der Waals surface area contributed by atoms with Crippen LogP contribution in [0.5, 0.6) is 0 Å². The van der Waals surface area contributed by atoms with Crippen LogP contribution in [-0.2, 0) is 6.42 Å². The molecule has 1 saturated heterocycles. The van der Waals surface area contributed by atoms with E-state index < -0.39 is 0 Å². The highest BCUT2D eigenvalue weighted by molar-refractivity contribution is 5.74. The van der Waals surface area contributed by atoms with E-state index in [1.807, 2.05) is 17.0 Å². The molecule has 1 aliphatic heterocycles. The third-order valence-corrected chi connectivity index (χ3v) is 4.76. The van der Waals surface area contributed by atoms with Crippen molar-refractivity contribution in [1.82, 2.24) is 10.2 Å². The molecule has 2 aromatic rings. The summed E-state index contributed by atoms with van der Waals surface area (Å²) in [6, 6.07) is 21.5. The Kier molecular flexibility index (Phi) is 4.96. The minimum Gasteiger partial charge on any atom is -0.341 e. The summed E-state index contributed by atoms with van der Waals surface area (Å²) in [5, 5.41) is 2.79. The van der Waals surface area contributed by atoms with Gasteiger partial charge in [-0.05, 0) is 30.4 Å². The van der Waals surface area contributed by atoms with Crippen LogP contribution in [0.25, 0.3) is 0 Å². The van der Waals surface area contributed by atoms with Gasteiger partial charge in [-0.3, -0.25) is 0 Å². The molecule has 2 aromatic carbocycles. The van der Waals surface area contributed by atoms with Crippen LogP contribution in [0, 0.1) is 0 Å². The summed E-state index contributed by atoms with van der Waals surface area (Å²) in [6.45, 7) is 0.850. The quantitative estimate of drug-likeness (QED) is 0.915. The molecule has 1 unspecified atom stereocenters. The van der Waals surface area contributed by atoms with Gasteiger partial charge < -0.3 is 10.2 Å². The van der Waals surface area contributed by atoms with Crippen LogP contribution in [-0.4, -0.2) is 30.6 Å². The summed E-state index contributed by atoms with van der Waals surface area (Å²) in [6.07, 6.45) is 3.11. The zero-order chi connectivity index (χ0) is 16.1. The first-order valence-corrected chi connectivity index (χ1v) is 8.37. The van der Waals surface area contributed by atoms with Gasteiger partial charge in [-0.25, -0.2) is 4.79 Å². The molecular formula is C20H24N2O. The van der Waals surface area contributed by atoms with Gasteiger partial charge in [-0.2, -0.15) is 0 Å². The third-order valence-electron chi connectivity index (χ3n) is 4.76. The molecule has 1 fully saturated rings. The van der Waals surface area contributed by atoms with Crippen LogP contribution in [0.3, 0.4) is 0 Å². The number of amides is 2. The number of carbonyl (C=O) groups is 1. The first kappa shape index (κ1) is 15.6. The fourth-order valence-electron chi connectivity index (χ4n) is 3.65. The monoisotopic (exact) mass is 308 g/mol. The largest absolute Gasteiger partial charge is 0.341 e. The summed E-state index contributed by atoms with van der Waals surface area (Å²) in [5.74, 6) is 0.332. The number of nitrogens with zero attached hydrogens (tertiary/aromatic N) is 1. The van der Waals surface area contributed by atoms with Gasteiger partial charge in [0.25, 0.3) is 0 Å². The summed E-state index contributed by atoms with van der Waals surface area (Å²) in [5.41, 5.74) is 2.64. The summed E-state index contributed by atoms with van der Waals surface area (Å²) < 4.78 is 0. The topological polar surface area (TPSA) is 32.3 Å². The Labute approximate surface area is 138 Å². The van der Waals surface area contributed by atoms with E-state index in [4.69, 9.17) is 0 Å². The van der Waals surface area contributed by atoms with Crippen LogP contribution >= 0.6 is 0 Å². The van der Waals surface area contributed by atoms with Crippen molar-refractivity contribution in [3.63, 3.8) is 0 Å². The van der Waals surface area contributed by atoms with Crippen LogP contribution in [0.1, 0.15) is 29.9 Å². The zero-order valence-corrected chi connectivity index (χ0v) is 13.6. The second-order valence-corrected chi connectivity index (χ2v) is 6.17. The average molecular weight is 308 g/mol. The molecule has 0 bridgehead atoms. The lowest BCUT2D eigenvalue weighted by atomic mass is 9.84. The summed E-state index contributed by atoms with van der Waals surface area (Å²) in [4.78, 5) is 14.2. The Bertz CT molecular complexity index is 627. The standard InChI is InChI=1S/C20H24N2O/c1-21-20(23)22-14-8-13-19(22)18(17-11-6-3-7-12-17)15-16-9-4-2-5-10-16/h2-7,9-12,18-19H,8,13-15H2,1H3,(H,21,23)/t18?,19-/m0/s1. The van der Waals surface area contributed by atoms with E-state index in [0.29, 0.717) is 5.92 Å². The average Bonchev–Trinajstić information content (AvgIpc) is 3.10. The lowest BCUT2D eigenvalue weighted by Crippen LogP contribution is -2.44. The Morgan fingerprint density at radius 1 is 1.13 bits per heavy atom. The molecule has 1 N–H and O–H groups in total. The Balaban J connectivity index is 1.90. The van der Waals surface area contributed by atoms with E-state index >= 15 is 0 Å². The number of hydrogen-bond donors (Lipinski definition) is 1. The van der Waals surface area contributed by atoms with Crippen LogP contribution in [0.15, 0.2) is 60.7 Å². The van der Waals surface area contributed by atoms with Gasteiger partial charge >= 0.3 is 6.03 Å². The molecule has 120 valence electrons. The molecular weight excluding hydrogens is 284 g/mol. The van der Waals surface area contributed by atoms with Gasteiger partial charge in [0.05, 0.1) is 0 Å². The SMILES string of the molecule is CNC(=O)N1CCC[C@H]1C(Cc1ccccc1)c1ccccc1. The van der Waals surface area contributed by atoms with Crippen molar-refractivity contribution >= 4 is 6.03 Å². The molecule has 3 heteroatoms. The molecule has 3 nitrogen and oxygen atoms in total. The molecule has 0 aromatic heterocycles. The van der Waals surface area contributed by atoms with Crippen molar-refractivity contribution in [3.8, 4) is 0 Å². The van der Waals surface area contributed by atoms with E-state index in [2.05, 4.69) is 53.8 Å². The molecule has 2 amide bonds. The first-order chi connectivity index (χ1) is 11.3. The van der Waals surface area contributed by atoms with E-state index in [1.54, 1.807) is 7.05 Å². The van der Waals surface area contributed by atoms with Crippen LogP contribution in [0.2, 0.25) is 0 Å². The van der Waals surface area contributed by atoms with Crippen LogP contribution < -0.4 is 5.32 Å². The van der Waals surface area contributed by atoms with Crippen molar-refractivity contribution in [3.05, 3.63) is 71.8 Å². The molecule has 0 saturated carbocycles. The van der Waals surface area contributed by atoms with Gasteiger partial charge in [-0.1, -0.05) is 60.7 Å². The zero-order valence-electron chi connectivity index (χ0n) is 13.6. The number of likely N-dealkylation sites (tertiary alicyclic amines) is 1. The number of nitrogens with one attached hydrogen (secondary N) is 1. The van der Waals surface area contributed by atoms with E-state index in [0.717, 1.165) is 25.8 Å². The minimum absolute atomic E-state index is 0.0430. The molecule has 1 heterocycles. The van der Waals surface area contributed by atoms with Crippen molar-refractivity contribution in [2.45, 2.75) is 31.2 Å². The molecule has 3 rings (SSSR count). The highest BCUT2D eigenvalue weighted by atomic mass is 16.2. The predicted octanol–water partition coefficient (Wildman–Crippen LogP) is 3.82. The van der Waals surface area contributed by atoms with Crippen molar-refractivity contribution < 1.29 is 4.79 Å². The lowest BCUT2D eigenvalue weighted by Gasteiger charge is -2.32. The lowest BCUT2D eigenvalue weighted by molar-refractivity contribution is 0.186. The third kappa shape index (κ3) is 3.55. The number of carbonyl (C=O) groups excluding carboxylic acids is 1. The Morgan fingerprint density at radius 3 is 2.43 bits per heavy atom. The maximum absolute atomic E-state index is 12.2. The fraction of sp³-hybridized carbons (Fsp3) is 0.350. The highest BCUT2D eigenvalue weighted by Gasteiger charge is 2.35. The van der Waals surface area contributed by atoms with E-state index in [-0.39, 0.29) is 12.1 Å². The Hall–Kier alpha value is -2.29. The second kappa shape index (κ2) is 7.32. The number of urea groups is 1. The van der Waals surface area contributed by atoms with Gasteiger partial charge in [0.15, 0.2) is 0 Å². The van der Waals surface area contributed by atoms with E-state index in [1.165, 1.54) is 11.1 Å². The normalized spacial score (nSPS) is 18.7. The fourth-order valence-corrected chi connectivity index (χ4v) is 3.65. The summed E-state index contributed by atoms with van der Waals surface area (Å²) in [7, 11) is 1.71. The van der Waals surface area contributed by atoms with Gasteiger partial charge in [0, 0.05) is 25.6 Å². The molecule has 0 spiro atoms. The molecule has 23 heavy (non-hydrogen) atoms. The van der Waals surface area contributed by atoms with Crippen molar-refractivity contribution in [2.75, 3.05) is 13.6 Å². The summed E-state index contributed by atoms with van der Waals surface area (Å²) >= 11 is 0. The van der Waals surface area contributed by atoms with Crippen molar-refractivity contribution in [2.24, 2.45) is 0 Å². The van der Waals surface area contributed by atoms with Crippen LogP contribution in [0.4, 0.5) is 4.79 Å². The molecule has 0 radical (unpaired) electrons.